The van der Waals surface area contributed by atoms with Crippen LogP contribution < -0.4 is 10.6 Å². The Morgan fingerprint density at radius 3 is 2.45 bits per heavy atom. The number of urea groups is 2. The molecule has 118 valence electrons. The van der Waals surface area contributed by atoms with Gasteiger partial charge in [0, 0.05) is 26.1 Å². The molecule has 4 atom stereocenters. The molecule has 0 spiro atoms. The second kappa shape index (κ2) is 5.08. The molecule has 2 fully saturated rings. The average molecular weight is 304 g/mol. The van der Waals surface area contributed by atoms with Crippen molar-refractivity contribution in [1.82, 2.24) is 20.4 Å². The first-order chi connectivity index (χ1) is 10.4. The summed E-state index contributed by atoms with van der Waals surface area (Å²) < 4.78 is 0. The van der Waals surface area contributed by atoms with Gasteiger partial charge in [0.2, 0.25) is 0 Å². The molecular formula is C15H20N4O3. The van der Waals surface area contributed by atoms with E-state index in [1.807, 2.05) is 13.0 Å². The molecule has 3 N–H and O–H groups in total. The van der Waals surface area contributed by atoms with E-state index in [1.54, 1.807) is 37.2 Å². The summed E-state index contributed by atoms with van der Waals surface area (Å²) in [5, 5.41) is 15.6. The number of carbonyl (C=O) groups excluding carboxylic acids is 2. The monoisotopic (exact) mass is 304 g/mol. The fourth-order valence-corrected chi connectivity index (χ4v) is 3.46. The molecule has 0 unspecified atom stereocenters. The fraction of sp³-hybridized carbons (Fsp3) is 0.467. The topological polar surface area (TPSA) is 84.9 Å². The van der Waals surface area contributed by atoms with Crippen molar-refractivity contribution in [2.75, 3.05) is 14.1 Å². The number of phenols is 1. The summed E-state index contributed by atoms with van der Waals surface area (Å²) in [5.41, 5.74) is 0.851. The lowest BCUT2D eigenvalue weighted by Crippen LogP contribution is -2.71. The van der Waals surface area contributed by atoms with Gasteiger partial charge in [-0.1, -0.05) is 12.1 Å². The molecule has 0 radical (unpaired) electrons. The SMILES string of the molecule is C[C@H]1NC(=O)N(C)[C@H]2NC(=O)N(C)[C@@H](c3cccc(O)c3)[C@H]12. The zero-order chi connectivity index (χ0) is 16.0. The molecule has 0 bridgehead atoms. The highest BCUT2D eigenvalue weighted by molar-refractivity contribution is 5.80. The molecule has 22 heavy (non-hydrogen) atoms. The van der Waals surface area contributed by atoms with Crippen LogP contribution in [0.1, 0.15) is 18.5 Å². The first-order valence-electron chi connectivity index (χ1n) is 7.25. The minimum atomic E-state index is -0.375. The van der Waals surface area contributed by atoms with Crippen molar-refractivity contribution >= 4 is 12.1 Å². The van der Waals surface area contributed by atoms with Crippen LogP contribution in [-0.4, -0.2) is 53.3 Å². The van der Waals surface area contributed by atoms with Gasteiger partial charge in [-0.2, -0.15) is 0 Å². The van der Waals surface area contributed by atoms with Gasteiger partial charge in [0.15, 0.2) is 0 Å². The molecule has 2 heterocycles. The molecule has 1 aromatic carbocycles. The number of aromatic hydroxyl groups is 1. The van der Waals surface area contributed by atoms with Gasteiger partial charge in [-0.3, -0.25) is 0 Å². The van der Waals surface area contributed by atoms with E-state index in [9.17, 15) is 14.7 Å². The van der Waals surface area contributed by atoms with Crippen LogP contribution >= 0.6 is 0 Å². The Labute approximate surface area is 128 Å². The van der Waals surface area contributed by atoms with Gasteiger partial charge in [0.25, 0.3) is 0 Å². The summed E-state index contributed by atoms with van der Waals surface area (Å²) in [4.78, 5) is 27.4. The van der Waals surface area contributed by atoms with Gasteiger partial charge in [-0.25, -0.2) is 9.59 Å². The number of nitrogens with zero attached hydrogens (tertiary/aromatic N) is 2. The third-order valence-corrected chi connectivity index (χ3v) is 4.62. The van der Waals surface area contributed by atoms with Crippen molar-refractivity contribution < 1.29 is 14.7 Å². The Hall–Kier alpha value is -2.44. The van der Waals surface area contributed by atoms with Crippen molar-refractivity contribution in [3.8, 4) is 5.75 Å². The number of phenolic OH excluding ortho intramolecular Hbond substituents is 1. The van der Waals surface area contributed by atoms with Gasteiger partial charge in [0.1, 0.15) is 11.9 Å². The zero-order valence-corrected chi connectivity index (χ0v) is 12.8. The minimum absolute atomic E-state index is 0.0350. The number of carbonyl (C=O) groups is 2. The van der Waals surface area contributed by atoms with Crippen molar-refractivity contribution in [1.29, 1.82) is 0 Å². The van der Waals surface area contributed by atoms with Crippen LogP contribution in [0.4, 0.5) is 9.59 Å². The van der Waals surface area contributed by atoms with Crippen LogP contribution in [0.2, 0.25) is 0 Å². The number of benzene rings is 1. The minimum Gasteiger partial charge on any atom is -0.508 e. The van der Waals surface area contributed by atoms with Gasteiger partial charge in [0.05, 0.1) is 6.04 Å². The average Bonchev–Trinajstić information content (AvgIpc) is 2.47. The third-order valence-electron chi connectivity index (χ3n) is 4.62. The van der Waals surface area contributed by atoms with Crippen molar-refractivity contribution in [3.05, 3.63) is 29.8 Å². The quantitative estimate of drug-likeness (QED) is 0.725. The molecule has 2 saturated heterocycles. The predicted molar refractivity (Wildman–Crippen MR) is 80.2 cm³/mol. The molecule has 7 heteroatoms. The van der Waals surface area contributed by atoms with Crippen LogP contribution in [-0.2, 0) is 0 Å². The van der Waals surface area contributed by atoms with Gasteiger partial charge >= 0.3 is 12.1 Å². The molecule has 2 aliphatic rings. The molecular weight excluding hydrogens is 284 g/mol. The lowest BCUT2D eigenvalue weighted by molar-refractivity contribution is 0.0247. The lowest BCUT2D eigenvalue weighted by atomic mass is 9.81. The summed E-state index contributed by atoms with van der Waals surface area (Å²) in [5.74, 6) is 0.126. The Morgan fingerprint density at radius 1 is 1.09 bits per heavy atom. The van der Waals surface area contributed by atoms with Crippen molar-refractivity contribution in [2.24, 2.45) is 5.92 Å². The largest absolute Gasteiger partial charge is 0.508 e. The predicted octanol–water partition coefficient (Wildman–Crippen LogP) is 1.07. The maximum absolute atomic E-state index is 12.3. The highest BCUT2D eigenvalue weighted by atomic mass is 16.3. The van der Waals surface area contributed by atoms with Crippen LogP contribution in [0, 0.1) is 5.92 Å². The van der Waals surface area contributed by atoms with E-state index in [0.717, 1.165) is 5.56 Å². The summed E-state index contributed by atoms with van der Waals surface area (Å²) in [6.07, 6.45) is -0.375. The first-order valence-corrected chi connectivity index (χ1v) is 7.25. The van der Waals surface area contributed by atoms with Gasteiger partial charge in [-0.05, 0) is 24.6 Å². The first kappa shape index (κ1) is 14.5. The van der Waals surface area contributed by atoms with Crippen LogP contribution in [0.5, 0.6) is 5.75 Å². The number of nitrogens with one attached hydrogen (secondary N) is 2. The lowest BCUT2D eigenvalue weighted by Gasteiger charge is -2.52. The maximum atomic E-state index is 12.3. The van der Waals surface area contributed by atoms with Gasteiger partial charge in [-0.15, -0.1) is 0 Å². The van der Waals surface area contributed by atoms with E-state index in [0.29, 0.717) is 0 Å². The Balaban J connectivity index is 2.05. The smallest absolute Gasteiger partial charge is 0.319 e. The zero-order valence-electron chi connectivity index (χ0n) is 12.8. The number of hydrogen-bond acceptors (Lipinski definition) is 3. The molecule has 3 rings (SSSR count). The molecule has 7 nitrogen and oxygen atoms in total. The summed E-state index contributed by atoms with van der Waals surface area (Å²) >= 11 is 0. The second-order valence-electron chi connectivity index (χ2n) is 5.97. The van der Waals surface area contributed by atoms with E-state index < -0.39 is 0 Å². The highest BCUT2D eigenvalue weighted by Gasteiger charge is 2.49. The highest BCUT2D eigenvalue weighted by Crippen LogP contribution is 2.38. The number of fused-ring (bicyclic) bond motifs is 1. The van der Waals surface area contributed by atoms with E-state index in [-0.39, 0.29) is 42.0 Å². The second-order valence-corrected chi connectivity index (χ2v) is 5.97. The number of rotatable bonds is 1. The van der Waals surface area contributed by atoms with Crippen molar-refractivity contribution in [3.63, 3.8) is 0 Å². The van der Waals surface area contributed by atoms with E-state index >= 15 is 0 Å². The Morgan fingerprint density at radius 2 is 1.77 bits per heavy atom. The summed E-state index contributed by atoms with van der Waals surface area (Å²) in [7, 11) is 3.40. The van der Waals surface area contributed by atoms with E-state index in [4.69, 9.17) is 0 Å². The van der Waals surface area contributed by atoms with Crippen molar-refractivity contribution in [2.45, 2.75) is 25.2 Å². The Bertz CT molecular complexity index is 621. The Kier molecular flexibility index (Phi) is 3.35. The van der Waals surface area contributed by atoms with E-state index in [1.165, 1.54) is 4.90 Å². The standard InChI is InChI=1S/C15H20N4O3/c1-8-11-12(9-5-4-6-10(20)7-9)18(2)15(22)17-13(11)19(3)14(21)16-8/h4-8,11-13,20H,1-3H3,(H,16,21)(H,17,22)/t8-,11+,12+,13-/m1/s1. The van der Waals surface area contributed by atoms with Crippen LogP contribution in [0.25, 0.3) is 0 Å². The molecule has 4 amide bonds. The van der Waals surface area contributed by atoms with Gasteiger partial charge < -0.3 is 25.5 Å². The van der Waals surface area contributed by atoms with Crippen LogP contribution in [0.15, 0.2) is 24.3 Å². The van der Waals surface area contributed by atoms with E-state index in [2.05, 4.69) is 10.6 Å². The summed E-state index contributed by atoms with van der Waals surface area (Å²) in [6, 6.07) is 6.14. The maximum Gasteiger partial charge on any atom is 0.319 e. The molecule has 1 aromatic rings. The van der Waals surface area contributed by atoms with Crippen LogP contribution in [0.3, 0.4) is 0 Å². The molecule has 0 aromatic heterocycles. The molecule has 0 aliphatic carbocycles. The number of amides is 4. The number of hydrogen-bond donors (Lipinski definition) is 3. The normalized spacial score (nSPS) is 31.4. The summed E-state index contributed by atoms with van der Waals surface area (Å²) in [6.45, 7) is 1.93. The molecule has 0 saturated carbocycles. The molecule has 2 aliphatic heterocycles. The fourth-order valence-electron chi connectivity index (χ4n) is 3.46. The third kappa shape index (κ3) is 2.13.